The quantitative estimate of drug-likeness (QED) is 0.806. The summed E-state index contributed by atoms with van der Waals surface area (Å²) in [5.41, 5.74) is 1.47. The van der Waals surface area contributed by atoms with Crippen LogP contribution in [0.5, 0.6) is 0 Å². The third kappa shape index (κ3) is 3.63. The highest BCUT2D eigenvalue weighted by Crippen LogP contribution is 2.22. The van der Waals surface area contributed by atoms with Gasteiger partial charge in [0.15, 0.2) is 0 Å². The molecule has 2 atom stereocenters. The number of amides is 1. The number of likely N-dealkylation sites (N-methyl/N-ethyl adjacent to an activating group) is 1. The number of nitrogens with zero attached hydrogens (tertiary/aromatic N) is 1. The van der Waals surface area contributed by atoms with Crippen molar-refractivity contribution >= 4 is 28.5 Å². The summed E-state index contributed by atoms with van der Waals surface area (Å²) in [6.07, 6.45) is -0.707. The fourth-order valence-corrected chi connectivity index (χ4v) is 2.77. The summed E-state index contributed by atoms with van der Waals surface area (Å²) >= 11 is 2.15. The van der Waals surface area contributed by atoms with E-state index in [1.807, 2.05) is 61.5 Å². The van der Waals surface area contributed by atoms with Crippen molar-refractivity contribution in [3.8, 4) is 0 Å². The molecular formula is C17H18INO2. The van der Waals surface area contributed by atoms with E-state index in [1.165, 1.54) is 0 Å². The Morgan fingerprint density at radius 1 is 1.10 bits per heavy atom. The van der Waals surface area contributed by atoms with Gasteiger partial charge in [0.25, 0.3) is 5.91 Å². The van der Waals surface area contributed by atoms with Crippen LogP contribution >= 0.6 is 22.6 Å². The van der Waals surface area contributed by atoms with E-state index in [-0.39, 0.29) is 11.9 Å². The molecule has 0 heterocycles. The number of hydrogen-bond donors (Lipinski definition) is 1. The minimum absolute atomic E-state index is 0.0810. The lowest BCUT2D eigenvalue weighted by atomic mass is 10.0. The summed E-state index contributed by atoms with van der Waals surface area (Å²) in [7, 11) is 1.72. The molecule has 2 aromatic rings. The van der Waals surface area contributed by atoms with Gasteiger partial charge in [-0.1, -0.05) is 42.5 Å². The van der Waals surface area contributed by atoms with Crippen LogP contribution < -0.4 is 0 Å². The molecule has 0 aliphatic heterocycles. The predicted molar refractivity (Wildman–Crippen MR) is 92.1 cm³/mol. The molecule has 1 N–H and O–H groups in total. The van der Waals surface area contributed by atoms with Crippen LogP contribution in [0, 0.1) is 3.57 Å². The summed E-state index contributed by atoms with van der Waals surface area (Å²) in [5.74, 6) is -0.0810. The van der Waals surface area contributed by atoms with Crippen LogP contribution in [0.2, 0.25) is 0 Å². The van der Waals surface area contributed by atoms with Crippen molar-refractivity contribution in [2.45, 2.75) is 19.1 Å². The van der Waals surface area contributed by atoms with Crippen LogP contribution in [0.3, 0.4) is 0 Å². The molecule has 1 unspecified atom stereocenters. The van der Waals surface area contributed by atoms with Gasteiger partial charge >= 0.3 is 0 Å². The van der Waals surface area contributed by atoms with Crippen molar-refractivity contribution in [1.29, 1.82) is 0 Å². The van der Waals surface area contributed by atoms with E-state index in [2.05, 4.69) is 22.6 Å². The molecule has 21 heavy (non-hydrogen) atoms. The molecule has 2 aromatic carbocycles. The van der Waals surface area contributed by atoms with Gasteiger partial charge in [0.2, 0.25) is 0 Å². The summed E-state index contributed by atoms with van der Waals surface area (Å²) in [6, 6.07) is 16.6. The molecule has 4 heteroatoms. The molecule has 0 bridgehead atoms. The molecule has 0 aliphatic rings. The zero-order valence-corrected chi connectivity index (χ0v) is 14.2. The van der Waals surface area contributed by atoms with Crippen molar-refractivity contribution in [3.05, 3.63) is 69.3 Å². The largest absolute Gasteiger partial charge is 0.386 e. The Bertz CT molecular complexity index is 615. The number of aliphatic hydroxyl groups is 1. The Morgan fingerprint density at radius 3 is 2.29 bits per heavy atom. The van der Waals surface area contributed by atoms with E-state index in [0.29, 0.717) is 5.56 Å². The monoisotopic (exact) mass is 395 g/mol. The van der Waals surface area contributed by atoms with Crippen molar-refractivity contribution < 1.29 is 9.90 Å². The average Bonchev–Trinajstić information content (AvgIpc) is 2.53. The lowest BCUT2D eigenvalue weighted by Gasteiger charge is -2.29. The Kier molecular flexibility index (Phi) is 5.36. The van der Waals surface area contributed by atoms with Crippen LogP contribution in [-0.4, -0.2) is 29.0 Å². The zero-order chi connectivity index (χ0) is 15.4. The van der Waals surface area contributed by atoms with Crippen LogP contribution in [0.25, 0.3) is 0 Å². The van der Waals surface area contributed by atoms with Crippen molar-refractivity contribution in [1.82, 2.24) is 4.90 Å². The van der Waals surface area contributed by atoms with Gasteiger partial charge in [-0.05, 0) is 47.2 Å². The molecule has 0 aliphatic carbocycles. The number of halogens is 1. The maximum atomic E-state index is 12.6. The second-order valence-electron chi connectivity index (χ2n) is 4.99. The van der Waals surface area contributed by atoms with Gasteiger partial charge in [0, 0.05) is 10.6 Å². The van der Waals surface area contributed by atoms with Crippen LogP contribution in [0.4, 0.5) is 0 Å². The van der Waals surface area contributed by atoms with E-state index in [4.69, 9.17) is 0 Å². The van der Waals surface area contributed by atoms with Crippen molar-refractivity contribution in [2.75, 3.05) is 7.05 Å². The molecule has 110 valence electrons. The fourth-order valence-electron chi connectivity index (χ4n) is 2.15. The Labute approximate surface area is 138 Å². The van der Waals surface area contributed by atoms with Crippen LogP contribution in [0.1, 0.15) is 28.9 Å². The average molecular weight is 395 g/mol. The Hall–Kier alpha value is -1.40. The standard InChI is InChI=1S/C17H18INO2/c1-12(16(20)13-8-4-3-5-9-13)19(2)17(21)14-10-6-7-11-15(14)18/h3-12,16,20H,1-2H3/t12?,16-/m1/s1. The number of carbonyl (C=O) groups excluding carboxylic acids is 1. The summed E-state index contributed by atoms with van der Waals surface area (Å²) in [6.45, 7) is 1.85. The lowest BCUT2D eigenvalue weighted by Crippen LogP contribution is -2.39. The van der Waals surface area contributed by atoms with E-state index < -0.39 is 6.10 Å². The van der Waals surface area contributed by atoms with Crippen molar-refractivity contribution in [3.63, 3.8) is 0 Å². The topological polar surface area (TPSA) is 40.5 Å². The first-order valence-corrected chi connectivity index (χ1v) is 7.85. The first-order chi connectivity index (χ1) is 10.0. The van der Waals surface area contributed by atoms with Gasteiger partial charge in [0.05, 0.1) is 17.7 Å². The maximum Gasteiger partial charge on any atom is 0.255 e. The first kappa shape index (κ1) is 16.0. The van der Waals surface area contributed by atoms with Gasteiger partial charge in [0.1, 0.15) is 0 Å². The molecule has 0 radical (unpaired) electrons. The Morgan fingerprint density at radius 2 is 1.67 bits per heavy atom. The predicted octanol–water partition coefficient (Wildman–Crippen LogP) is 3.49. The molecule has 2 rings (SSSR count). The third-order valence-electron chi connectivity index (χ3n) is 3.63. The smallest absolute Gasteiger partial charge is 0.255 e. The highest BCUT2D eigenvalue weighted by atomic mass is 127. The molecule has 0 spiro atoms. The van der Waals surface area contributed by atoms with Crippen LogP contribution in [0.15, 0.2) is 54.6 Å². The number of aliphatic hydroxyl groups excluding tert-OH is 1. The lowest BCUT2D eigenvalue weighted by molar-refractivity contribution is 0.0486. The first-order valence-electron chi connectivity index (χ1n) is 6.77. The number of benzene rings is 2. The molecule has 0 aromatic heterocycles. The normalized spacial score (nSPS) is 13.5. The van der Waals surface area contributed by atoms with E-state index in [0.717, 1.165) is 9.13 Å². The highest BCUT2D eigenvalue weighted by molar-refractivity contribution is 14.1. The third-order valence-corrected chi connectivity index (χ3v) is 4.57. The maximum absolute atomic E-state index is 12.6. The highest BCUT2D eigenvalue weighted by Gasteiger charge is 2.25. The summed E-state index contributed by atoms with van der Waals surface area (Å²) in [5, 5.41) is 10.4. The SMILES string of the molecule is CC([C@@H](O)c1ccccc1)N(C)C(=O)c1ccccc1I. The Balaban J connectivity index is 2.18. The van der Waals surface area contributed by atoms with Gasteiger partial charge in [-0.3, -0.25) is 4.79 Å². The number of rotatable bonds is 4. The second kappa shape index (κ2) is 7.04. The van der Waals surface area contributed by atoms with Gasteiger partial charge in [-0.15, -0.1) is 0 Å². The molecule has 0 fully saturated rings. The van der Waals surface area contributed by atoms with Crippen LogP contribution in [-0.2, 0) is 0 Å². The van der Waals surface area contributed by atoms with E-state index in [9.17, 15) is 9.90 Å². The minimum Gasteiger partial charge on any atom is -0.386 e. The molecule has 0 saturated carbocycles. The fraction of sp³-hybridized carbons (Fsp3) is 0.235. The zero-order valence-electron chi connectivity index (χ0n) is 12.0. The van der Waals surface area contributed by atoms with Gasteiger partial charge < -0.3 is 10.0 Å². The van der Waals surface area contributed by atoms with Crippen molar-refractivity contribution in [2.24, 2.45) is 0 Å². The molecule has 1 amide bonds. The molecule has 0 saturated heterocycles. The second-order valence-corrected chi connectivity index (χ2v) is 6.15. The van der Waals surface area contributed by atoms with Gasteiger partial charge in [-0.25, -0.2) is 0 Å². The minimum atomic E-state index is -0.707. The summed E-state index contributed by atoms with van der Waals surface area (Å²) in [4.78, 5) is 14.1. The molecule has 3 nitrogen and oxygen atoms in total. The summed E-state index contributed by atoms with van der Waals surface area (Å²) < 4.78 is 0.911. The number of hydrogen-bond acceptors (Lipinski definition) is 2. The number of carbonyl (C=O) groups is 1. The van der Waals surface area contributed by atoms with E-state index >= 15 is 0 Å². The van der Waals surface area contributed by atoms with Gasteiger partial charge in [-0.2, -0.15) is 0 Å². The van der Waals surface area contributed by atoms with E-state index in [1.54, 1.807) is 11.9 Å². The molecular weight excluding hydrogens is 377 g/mol.